The molecule has 0 fully saturated rings. The number of anilines is 3. The molecule has 4 aromatic carbocycles. The fraction of sp³-hybridized carbons (Fsp3) is 0. The molecule has 0 atom stereocenters. The van der Waals surface area contributed by atoms with Crippen molar-refractivity contribution in [2.45, 2.75) is 0 Å². The number of furan rings is 3. The maximum atomic E-state index is 6.26. The smallest absolute Gasteiger partial charge is 0.227 e. The van der Waals surface area contributed by atoms with Crippen LogP contribution in [0.5, 0.6) is 0 Å². The zero-order valence-corrected chi connectivity index (χ0v) is 21.0. The third-order valence-electron chi connectivity index (χ3n) is 7.58. The summed E-state index contributed by atoms with van der Waals surface area (Å²) in [4.78, 5) is 11.7. The molecule has 0 spiro atoms. The van der Waals surface area contributed by atoms with Crippen molar-refractivity contribution in [2.75, 3.05) is 4.90 Å². The summed E-state index contributed by atoms with van der Waals surface area (Å²) in [7, 11) is 0. The normalized spacial score (nSPS) is 12.0. The Morgan fingerprint density at radius 2 is 0.950 bits per heavy atom. The van der Waals surface area contributed by atoms with Gasteiger partial charge < -0.3 is 18.2 Å². The Hall–Kier alpha value is -5.62. The Labute approximate surface area is 226 Å². The van der Waals surface area contributed by atoms with Crippen LogP contribution in [0.15, 0.2) is 129 Å². The van der Waals surface area contributed by atoms with Gasteiger partial charge in [-0.25, -0.2) is 9.97 Å². The summed E-state index contributed by atoms with van der Waals surface area (Å²) in [6.45, 7) is 0. The van der Waals surface area contributed by atoms with Gasteiger partial charge in [-0.15, -0.1) is 0 Å². The van der Waals surface area contributed by atoms with Gasteiger partial charge >= 0.3 is 0 Å². The molecule has 0 aliphatic heterocycles. The highest BCUT2D eigenvalue weighted by Crippen LogP contribution is 2.44. The van der Waals surface area contributed by atoms with Gasteiger partial charge in [-0.3, -0.25) is 0 Å². The molecule has 0 aliphatic carbocycles. The van der Waals surface area contributed by atoms with Crippen LogP contribution in [-0.2, 0) is 0 Å². The van der Waals surface area contributed by atoms with Gasteiger partial charge in [0, 0.05) is 16.2 Å². The quantitative estimate of drug-likeness (QED) is 0.232. The van der Waals surface area contributed by atoms with E-state index in [2.05, 4.69) is 41.3 Å². The second kappa shape index (κ2) is 7.94. The van der Waals surface area contributed by atoms with Crippen LogP contribution in [-0.4, -0.2) is 9.97 Å². The monoisotopic (exact) mass is 517 g/mol. The molecule has 0 bridgehead atoms. The lowest BCUT2D eigenvalue weighted by atomic mass is 10.1. The number of hydrogen-bond donors (Lipinski definition) is 0. The van der Waals surface area contributed by atoms with Crippen molar-refractivity contribution < 1.29 is 13.3 Å². The van der Waals surface area contributed by atoms with E-state index in [9.17, 15) is 0 Å². The third kappa shape index (κ3) is 2.98. The minimum Gasteiger partial charge on any atom is -0.456 e. The number of benzene rings is 4. The van der Waals surface area contributed by atoms with Crippen LogP contribution < -0.4 is 4.90 Å². The number of pyridine rings is 2. The Bertz CT molecular complexity index is 2300. The summed E-state index contributed by atoms with van der Waals surface area (Å²) < 4.78 is 18.3. The first-order chi connectivity index (χ1) is 19.8. The lowest BCUT2D eigenvalue weighted by Gasteiger charge is -2.25. The van der Waals surface area contributed by atoms with E-state index < -0.39 is 0 Å². The van der Waals surface area contributed by atoms with Gasteiger partial charge in [-0.05, 0) is 42.5 Å². The van der Waals surface area contributed by atoms with Crippen LogP contribution in [0.2, 0.25) is 0 Å². The first-order valence-electron chi connectivity index (χ1n) is 13.1. The molecule has 0 saturated carbocycles. The summed E-state index contributed by atoms with van der Waals surface area (Å²) >= 11 is 0. The molecule has 9 rings (SSSR count). The van der Waals surface area contributed by atoms with Crippen molar-refractivity contribution in [3.63, 3.8) is 0 Å². The van der Waals surface area contributed by atoms with Crippen LogP contribution in [0.3, 0.4) is 0 Å². The molecule has 5 aromatic heterocycles. The highest BCUT2D eigenvalue weighted by Gasteiger charge is 2.22. The Morgan fingerprint density at radius 1 is 0.450 bits per heavy atom. The van der Waals surface area contributed by atoms with E-state index in [1.165, 1.54) is 0 Å². The molecule has 0 amide bonds. The zero-order chi connectivity index (χ0) is 26.2. The molecule has 0 N–H and O–H groups in total. The first-order valence-corrected chi connectivity index (χ1v) is 13.1. The minimum absolute atomic E-state index is 0.603. The van der Waals surface area contributed by atoms with Crippen molar-refractivity contribution in [3.05, 3.63) is 116 Å². The zero-order valence-electron chi connectivity index (χ0n) is 21.0. The van der Waals surface area contributed by atoms with Crippen LogP contribution in [0.4, 0.5) is 17.1 Å². The molecular formula is C34H19N3O3. The molecule has 9 aromatic rings. The van der Waals surface area contributed by atoms with Gasteiger partial charge in [0.25, 0.3) is 0 Å². The van der Waals surface area contributed by atoms with E-state index >= 15 is 0 Å². The molecule has 6 heteroatoms. The highest BCUT2D eigenvalue weighted by molar-refractivity contribution is 6.14. The van der Waals surface area contributed by atoms with Crippen LogP contribution in [0, 0.1) is 0 Å². The maximum Gasteiger partial charge on any atom is 0.227 e. The Kier molecular flexibility index (Phi) is 4.24. The van der Waals surface area contributed by atoms with Gasteiger partial charge in [-0.2, -0.15) is 0 Å². The molecule has 5 heterocycles. The largest absolute Gasteiger partial charge is 0.456 e. The number of aromatic nitrogens is 2. The Morgan fingerprint density at radius 3 is 1.55 bits per heavy atom. The molecular weight excluding hydrogens is 498 g/mol. The van der Waals surface area contributed by atoms with E-state index in [0.29, 0.717) is 11.4 Å². The molecule has 0 aliphatic rings. The highest BCUT2D eigenvalue weighted by atomic mass is 16.3. The predicted molar refractivity (Wildman–Crippen MR) is 159 cm³/mol. The molecule has 40 heavy (non-hydrogen) atoms. The van der Waals surface area contributed by atoms with Gasteiger partial charge in [0.05, 0.1) is 45.6 Å². The molecule has 0 unspecified atom stereocenters. The van der Waals surface area contributed by atoms with Gasteiger partial charge in [-0.1, -0.05) is 60.7 Å². The van der Waals surface area contributed by atoms with E-state index in [-0.39, 0.29) is 0 Å². The summed E-state index contributed by atoms with van der Waals surface area (Å²) in [6.07, 6.45) is 3.70. The summed E-state index contributed by atoms with van der Waals surface area (Å²) in [5.74, 6) is 0. The maximum absolute atomic E-state index is 6.26. The summed E-state index contributed by atoms with van der Waals surface area (Å²) in [5, 5.41) is 6.01. The second-order valence-electron chi connectivity index (χ2n) is 9.87. The standard InChI is InChI=1S/C34H19N3O3/c1-4-12-28-22(8-1)25-16-20(18-35-33(25)39-28)37(21-17-26-23-9-2-5-13-29(23)40-34(26)36-19-21)27-11-7-15-31-32(27)24-10-3-6-14-30(24)38-31/h1-19H. The average Bonchev–Trinajstić information content (AvgIpc) is 3.68. The average molecular weight is 518 g/mol. The first kappa shape index (κ1) is 21.3. The van der Waals surface area contributed by atoms with E-state index in [1.54, 1.807) is 0 Å². The number of nitrogens with zero attached hydrogens (tertiary/aromatic N) is 3. The van der Waals surface area contributed by atoms with E-state index in [1.807, 2.05) is 79.1 Å². The number of para-hydroxylation sites is 3. The predicted octanol–water partition coefficient (Wildman–Crippen LogP) is 9.64. The SMILES string of the molecule is c1ccc2c(c1)oc1ncc(N(c3cnc4oc5ccccc5c4c3)c3cccc4oc5ccccc5c34)cc12. The van der Waals surface area contributed by atoms with Crippen molar-refractivity contribution in [1.29, 1.82) is 0 Å². The topological polar surface area (TPSA) is 68.4 Å². The van der Waals surface area contributed by atoms with Crippen LogP contribution >= 0.6 is 0 Å². The van der Waals surface area contributed by atoms with Gasteiger partial charge in [0.1, 0.15) is 22.3 Å². The van der Waals surface area contributed by atoms with E-state index in [0.717, 1.165) is 71.7 Å². The summed E-state index contributed by atoms with van der Waals surface area (Å²) in [6, 6.07) is 34.6. The molecule has 6 nitrogen and oxygen atoms in total. The second-order valence-corrected chi connectivity index (χ2v) is 9.87. The fourth-order valence-electron chi connectivity index (χ4n) is 5.81. The van der Waals surface area contributed by atoms with Crippen molar-refractivity contribution >= 4 is 83.1 Å². The molecule has 0 radical (unpaired) electrons. The third-order valence-corrected chi connectivity index (χ3v) is 7.58. The Balaban J connectivity index is 1.37. The minimum atomic E-state index is 0.603. The number of fused-ring (bicyclic) bond motifs is 9. The molecule has 0 saturated heterocycles. The lowest BCUT2D eigenvalue weighted by Crippen LogP contribution is -2.11. The van der Waals surface area contributed by atoms with Crippen molar-refractivity contribution in [3.8, 4) is 0 Å². The van der Waals surface area contributed by atoms with Gasteiger partial charge in [0.2, 0.25) is 11.4 Å². The van der Waals surface area contributed by atoms with Crippen molar-refractivity contribution in [1.82, 2.24) is 9.97 Å². The molecule has 188 valence electrons. The number of rotatable bonds is 3. The van der Waals surface area contributed by atoms with E-state index in [4.69, 9.17) is 23.2 Å². The van der Waals surface area contributed by atoms with Crippen LogP contribution in [0.1, 0.15) is 0 Å². The van der Waals surface area contributed by atoms with Crippen LogP contribution in [0.25, 0.3) is 66.1 Å². The van der Waals surface area contributed by atoms with Gasteiger partial charge in [0.15, 0.2) is 0 Å². The van der Waals surface area contributed by atoms with Crippen molar-refractivity contribution in [2.24, 2.45) is 0 Å². The summed E-state index contributed by atoms with van der Waals surface area (Å²) in [5.41, 5.74) is 7.21. The number of hydrogen-bond acceptors (Lipinski definition) is 6. The lowest BCUT2D eigenvalue weighted by molar-refractivity contribution is 0.654. The fourth-order valence-corrected chi connectivity index (χ4v) is 5.81.